The van der Waals surface area contributed by atoms with Gasteiger partial charge in [-0.2, -0.15) is 0 Å². The van der Waals surface area contributed by atoms with Crippen LogP contribution in [0.15, 0.2) is 12.1 Å². The number of carboxylic acids is 1. The zero-order valence-electron chi connectivity index (χ0n) is 11.6. The lowest BCUT2D eigenvalue weighted by atomic mass is 9.85. The van der Waals surface area contributed by atoms with Crippen molar-refractivity contribution >= 4 is 17.5 Å². The molecular formula is C14H17N3O4. The van der Waals surface area contributed by atoms with Crippen molar-refractivity contribution in [2.24, 2.45) is 5.92 Å². The second-order valence-corrected chi connectivity index (χ2v) is 5.70. The third-order valence-corrected chi connectivity index (χ3v) is 4.55. The highest BCUT2D eigenvalue weighted by molar-refractivity contribution is 5.86. The average Bonchev–Trinajstić information content (AvgIpc) is 2.90. The Balaban J connectivity index is 2.01. The SMILES string of the molecule is O=C(O)c1ccc([N+](=O)[O-])c(N2CCC3CCCCC32)n1. The fourth-order valence-electron chi connectivity index (χ4n) is 3.58. The molecule has 1 aliphatic heterocycles. The van der Waals surface area contributed by atoms with Crippen LogP contribution < -0.4 is 4.90 Å². The quantitative estimate of drug-likeness (QED) is 0.678. The van der Waals surface area contributed by atoms with Crippen LogP contribution in [0.5, 0.6) is 0 Å². The predicted molar refractivity (Wildman–Crippen MR) is 75.6 cm³/mol. The first kappa shape index (κ1) is 13.8. The third kappa shape index (κ3) is 2.43. The summed E-state index contributed by atoms with van der Waals surface area (Å²) in [5.41, 5.74) is -0.249. The Morgan fingerprint density at radius 1 is 1.33 bits per heavy atom. The van der Waals surface area contributed by atoms with Crippen molar-refractivity contribution in [3.05, 3.63) is 27.9 Å². The van der Waals surface area contributed by atoms with E-state index in [-0.39, 0.29) is 23.2 Å². The fourth-order valence-corrected chi connectivity index (χ4v) is 3.58. The molecule has 2 unspecified atom stereocenters. The highest BCUT2D eigenvalue weighted by Crippen LogP contribution is 2.40. The lowest BCUT2D eigenvalue weighted by molar-refractivity contribution is -0.384. The number of carboxylic acid groups (broad SMARTS) is 1. The fraction of sp³-hybridized carbons (Fsp3) is 0.571. The summed E-state index contributed by atoms with van der Waals surface area (Å²) in [6.07, 6.45) is 5.47. The van der Waals surface area contributed by atoms with Crippen molar-refractivity contribution in [2.75, 3.05) is 11.4 Å². The Labute approximate surface area is 121 Å². The van der Waals surface area contributed by atoms with Crippen molar-refractivity contribution in [2.45, 2.75) is 38.1 Å². The number of aromatic carboxylic acids is 1. The van der Waals surface area contributed by atoms with Crippen molar-refractivity contribution < 1.29 is 14.8 Å². The minimum Gasteiger partial charge on any atom is -0.477 e. The molecule has 2 heterocycles. The van der Waals surface area contributed by atoms with Gasteiger partial charge in [0, 0.05) is 18.7 Å². The molecule has 0 amide bonds. The summed E-state index contributed by atoms with van der Waals surface area (Å²) < 4.78 is 0. The molecule has 112 valence electrons. The molecule has 7 nitrogen and oxygen atoms in total. The number of nitrogens with zero attached hydrogens (tertiary/aromatic N) is 3. The van der Waals surface area contributed by atoms with E-state index in [1.807, 2.05) is 4.90 Å². The molecule has 1 N–H and O–H groups in total. The maximum atomic E-state index is 11.2. The molecule has 1 saturated heterocycles. The monoisotopic (exact) mass is 291 g/mol. The van der Waals surface area contributed by atoms with Gasteiger partial charge in [-0.05, 0) is 31.2 Å². The molecule has 2 atom stereocenters. The predicted octanol–water partition coefficient (Wildman–Crippen LogP) is 2.46. The smallest absolute Gasteiger partial charge is 0.354 e. The third-order valence-electron chi connectivity index (χ3n) is 4.55. The number of nitro groups is 1. The molecule has 0 radical (unpaired) electrons. The zero-order valence-corrected chi connectivity index (χ0v) is 11.6. The maximum absolute atomic E-state index is 11.2. The Morgan fingerprint density at radius 2 is 2.10 bits per heavy atom. The van der Waals surface area contributed by atoms with Gasteiger partial charge in [0.15, 0.2) is 5.69 Å². The highest BCUT2D eigenvalue weighted by atomic mass is 16.6. The number of hydrogen-bond donors (Lipinski definition) is 1. The number of fused-ring (bicyclic) bond motifs is 1. The van der Waals surface area contributed by atoms with E-state index in [0.717, 1.165) is 25.7 Å². The molecule has 1 aromatic heterocycles. The van der Waals surface area contributed by atoms with Crippen LogP contribution in [0, 0.1) is 16.0 Å². The van der Waals surface area contributed by atoms with Gasteiger partial charge in [0.25, 0.3) is 0 Å². The summed E-state index contributed by atoms with van der Waals surface area (Å²) in [6, 6.07) is 2.70. The van der Waals surface area contributed by atoms with Crippen molar-refractivity contribution in [3.63, 3.8) is 0 Å². The lowest BCUT2D eigenvalue weighted by Gasteiger charge is -2.32. The molecule has 21 heavy (non-hydrogen) atoms. The van der Waals surface area contributed by atoms with E-state index in [1.54, 1.807) is 0 Å². The van der Waals surface area contributed by atoms with E-state index in [1.165, 1.54) is 18.6 Å². The lowest BCUT2D eigenvalue weighted by Crippen LogP contribution is -2.35. The van der Waals surface area contributed by atoms with Crippen LogP contribution in [0.25, 0.3) is 0 Å². The van der Waals surface area contributed by atoms with E-state index < -0.39 is 10.9 Å². The Morgan fingerprint density at radius 3 is 2.81 bits per heavy atom. The van der Waals surface area contributed by atoms with Crippen LogP contribution in [0.2, 0.25) is 0 Å². The molecule has 0 spiro atoms. The minimum atomic E-state index is -1.16. The molecule has 0 aromatic carbocycles. The second kappa shape index (κ2) is 5.31. The summed E-state index contributed by atoms with van der Waals surface area (Å²) in [6.45, 7) is 0.715. The molecule has 0 bridgehead atoms. The van der Waals surface area contributed by atoms with Crippen molar-refractivity contribution in [1.82, 2.24) is 4.98 Å². The van der Waals surface area contributed by atoms with Crippen LogP contribution >= 0.6 is 0 Å². The summed E-state index contributed by atoms with van der Waals surface area (Å²) in [7, 11) is 0. The van der Waals surface area contributed by atoms with Crippen LogP contribution in [0.4, 0.5) is 11.5 Å². The summed E-state index contributed by atoms with van der Waals surface area (Å²) >= 11 is 0. The van der Waals surface area contributed by atoms with E-state index in [9.17, 15) is 14.9 Å². The Kier molecular flexibility index (Phi) is 3.48. The largest absolute Gasteiger partial charge is 0.477 e. The van der Waals surface area contributed by atoms with Crippen molar-refractivity contribution in [3.8, 4) is 0 Å². The zero-order chi connectivity index (χ0) is 15.0. The second-order valence-electron chi connectivity index (χ2n) is 5.70. The first-order valence-corrected chi connectivity index (χ1v) is 7.23. The Hall–Kier alpha value is -2.18. The first-order valence-electron chi connectivity index (χ1n) is 7.23. The summed E-state index contributed by atoms with van der Waals surface area (Å²) in [5.74, 6) is -0.395. The topological polar surface area (TPSA) is 96.6 Å². The minimum absolute atomic E-state index is 0.105. The normalized spacial score (nSPS) is 24.7. The molecule has 1 aromatic rings. The van der Waals surface area contributed by atoms with Gasteiger partial charge in [0.1, 0.15) is 0 Å². The van der Waals surface area contributed by atoms with E-state index in [4.69, 9.17) is 5.11 Å². The molecular weight excluding hydrogens is 274 g/mol. The van der Waals surface area contributed by atoms with Crippen LogP contribution in [0.3, 0.4) is 0 Å². The van der Waals surface area contributed by atoms with E-state index in [0.29, 0.717) is 12.5 Å². The number of carbonyl (C=O) groups is 1. The van der Waals surface area contributed by atoms with Gasteiger partial charge in [-0.25, -0.2) is 9.78 Å². The van der Waals surface area contributed by atoms with Gasteiger partial charge in [-0.15, -0.1) is 0 Å². The van der Waals surface area contributed by atoms with Gasteiger partial charge >= 0.3 is 11.7 Å². The summed E-state index contributed by atoms with van der Waals surface area (Å²) in [5, 5.41) is 20.3. The number of aromatic nitrogens is 1. The molecule has 2 aliphatic rings. The standard InChI is InChI=1S/C14H17N3O4/c18-14(19)10-5-6-12(17(20)21)13(15-10)16-8-7-9-3-1-2-4-11(9)16/h5-6,9,11H,1-4,7-8H2,(H,18,19). The van der Waals surface area contributed by atoms with Gasteiger partial charge < -0.3 is 10.0 Å². The van der Waals surface area contributed by atoms with Crippen LogP contribution in [-0.2, 0) is 0 Å². The molecule has 1 saturated carbocycles. The molecule has 1 aliphatic carbocycles. The Bertz CT molecular complexity index is 590. The summed E-state index contributed by atoms with van der Waals surface area (Å²) in [4.78, 5) is 27.8. The van der Waals surface area contributed by atoms with E-state index in [2.05, 4.69) is 4.98 Å². The van der Waals surface area contributed by atoms with Gasteiger partial charge in [-0.1, -0.05) is 12.8 Å². The first-order chi connectivity index (χ1) is 10.1. The van der Waals surface area contributed by atoms with Crippen molar-refractivity contribution in [1.29, 1.82) is 0 Å². The number of rotatable bonds is 3. The average molecular weight is 291 g/mol. The van der Waals surface area contributed by atoms with Gasteiger partial charge in [0.2, 0.25) is 5.82 Å². The number of pyridine rings is 1. The maximum Gasteiger partial charge on any atom is 0.354 e. The molecule has 7 heteroatoms. The van der Waals surface area contributed by atoms with E-state index >= 15 is 0 Å². The van der Waals surface area contributed by atoms with Crippen LogP contribution in [0.1, 0.15) is 42.6 Å². The molecule has 3 rings (SSSR count). The van der Waals surface area contributed by atoms with Gasteiger partial charge in [-0.3, -0.25) is 10.1 Å². The number of anilines is 1. The van der Waals surface area contributed by atoms with Gasteiger partial charge in [0.05, 0.1) is 4.92 Å². The van der Waals surface area contributed by atoms with Crippen LogP contribution in [-0.4, -0.2) is 33.6 Å². The molecule has 2 fully saturated rings. The number of hydrogen-bond acceptors (Lipinski definition) is 5. The highest BCUT2D eigenvalue weighted by Gasteiger charge is 2.39.